The van der Waals surface area contributed by atoms with Crippen LogP contribution < -0.4 is 5.32 Å². The standard InChI is InChI=1S/C19H19NO2S/c21-16-11-13-6-2-3-7-14(13)17(16)20-19(22)18-15-8-4-1-5-12(15)9-10-23-18/h1-8,16-18,21H,9-11H2,(H,20,22)/t16-,17+,18+/m0/s1. The maximum atomic E-state index is 12.8. The van der Waals surface area contributed by atoms with Crippen LogP contribution in [0.2, 0.25) is 0 Å². The third-order valence-electron chi connectivity index (χ3n) is 4.73. The van der Waals surface area contributed by atoms with Gasteiger partial charge in [-0.15, -0.1) is 11.8 Å². The molecule has 0 bridgehead atoms. The molecule has 2 aliphatic rings. The first kappa shape index (κ1) is 14.8. The molecule has 0 fully saturated rings. The number of hydrogen-bond donors (Lipinski definition) is 2. The highest BCUT2D eigenvalue weighted by atomic mass is 32.2. The summed E-state index contributed by atoms with van der Waals surface area (Å²) in [5.41, 5.74) is 4.55. The highest BCUT2D eigenvalue weighted by molar-refractivity contribution is 8.00. The molecule has 1 amide bonds. The van der Waals surface area contributed by atoms with E-state index in [4.69, 9.17) is 0 Å². The number of amides is 1. The first-order valence-electron chi connectivity index (χ1n) is 7.99. The second-order valence-electron chi connectivity index (χ2n) is 6.16. The lowest BCUT2D eigenvalue weighted by atomic mass is 10.0. The normalized spacial score (nSPS) is 25.5. The van der Waals surface area contributed by atoms with Gasteiger partial charge >= 0.3 is 0 Å². The predicted molar refractivity (Wildman–Crippen MR) is 92.4 cm³/mol. The molecule has 0 aromatic heterocycles. The Hall–Kier alpha value is -1.78. The fourth-order valence-corrected chi connectivity index (χ4v) is 4.79. The number of aliphatic hydroxyl groups excluding tert-OH is 1. The van der Waals surface area contributed by atoms with Crippen molar-refractivity contribution in [3.8, 4) is 0 Å². The Kier molecular flexibility index (Phi) is 3.87. The molecule has 0 saturated carbocycles. The quantitative estimate of drug-likeness (QED) is 0.893. The molecular formula is C19H19NO2S. The number of carbonyl (C=O) groups is 1. The lowest BCUT2D eigenvalue weighted by Crippen LogP contribution is -2.37. The number of aryl methyl sites for hydroxylation is 1. The molecule has 3 atom stereocenters. The summed E-state index contributed by atoms with van der Waals surface area (Å²) < 4.78 is 0. The van der Waals surface area contributed by atoms with Gasteiger partial charge in [0.05, 0.1) is 12.1 Å². The van der Waals surface area contributed by atoms with Gasteiger partial charge in [-0.2, -0.15) is 0 Å². The molecular weight excluding hydrogens is 306 g/mol. The number of benzene rings is 2. The number of hydrogen-bond acceptors (Lipinski definition) is 3. The average Bonchev–Trinajstić information content (AvgIpc) is 2.90. The Bertz CT molecular complexity index is 746. The van der Waals surface area contributed by atoms with Gasteiger partial charge in [-0.05, 0) is 34.4 Å². The van der Waals surface area contributed by atoms with Crippen molar-refractivity contribution in [3.05, 3.63) is 70.8 Å². The molecule has 23 heavy (non-hydrogen) atoms. The van der Waals surface area contributed by atoms with Gasteiger partial charge in [-0.3, -0.25) is 4.79 Å². The van der Waals surface area contributed by atoms with E-state index in [1.54, 1.807) is 11.8 Å². The van der Waals surface area contributed by atoms with Gasteiger partial charge in [0.15, 0.2) is 0 Å². The summed E-state index contributed by atoms with van der Waals surface area (Å²) in [7, 11) is 0. The molecule has 0 unspecified atom stereocenters. The van der Waals surface area contributed by atoms with E-state index in [1.807, 2.05) is 42.5 Å². The molecule has 1 aliphatic heterocycles. The van der Waals surface area contributed by atoms with Crippen molar-refractivity contribution in [2.45, 2.75) is 30.2 Å². The van der Waals surface area contributed by atoms with Crippen LogP contribution in [0.1, 0.15) is 33.5 Å². The summed E-state index contributed by atoms with van der Waals surface area (Å²) in [5.74, 6) is 0.960. The minimum Gasteiger partial charge on any atom is -0.390 e. The number of carbonyl (C=O) groups excluding carboxylic acids is 1. The van der Waals surface area contributed by atoms with Gasteiger partial charge < -0.3 is 10.4 Å². The van der Waals surface area contributed by atoms with Gasteiger partial charge in [0.2, 0.25) is 5.91 Å². The third-order valence-corrected chi connectivity index (χ3v) is 5.97. The lowest BCUT2D eigenvalue weighted by molar-refractivity contribution is -0.122. The Morgan fingerprint density at radius 2 is 1.74 bits per heavy atom. The fraction of sp³-hybridized carbons (Fsp3) is 0.316. The van der Waals surface area contributed by atoms with Gasteiger partial charge in [-0.25, -0.2) is 0 Å². The largest absolute Gasteiger partial charge is 0.390 e. The van der Waals surface area contributed by atoms with Crippen LogP contribution in [0.3, 0.4) is 0 Å². The summed E-state index contributed by atoms with van der Waals surface area (Å²) in [5, 5.41) is 13.2. The second-order valence-corrected chi connectivity index (χ2v) is 7.37. The zero-order valence-electron chi connectivity index (χ0n) is 12.7. The van der Waals surface area contributed by atoms with Crippen LogP contribution in [-0.2, 0) is 17.6 Å². The highest BCUT2D eigenvalue weighted by Crippen LogP contribution is 2.38. The number of rotatable bonds is 2. The molecule has 1 heterocycles. The molecule has 4 rings (SSSR count). The van der Waals surface area contributed by atoms with Crippen molar-refractivity contribution in [2.75, 3.05) is 5.75 Å². The van der Waals surface area contributed by atoms with Gasteiger partial charge in [-0.1, -0.05) is 48.5 Å². The summed E-state index contributed by atoms with van der Waals surface area (Å²) in [6.07, 6.45) is 1.08. The van der Waals surface area contributed by atoms with E-state index >= 15 is 0 Å². The van der Waals surface area contributed by atoms with Crippen LogP contribution in [0.25, 0.3) is 0 Å². The van der Waals surface area contributed by atoms with E-state index in [-0.39, 0.29) is 17.2 Å². The van der Waals surface area contributed by atoms with Crippen LogP contribution in [-0.4, -0.2) is 22.9 Å². The molecule has 2 aromatic rings. The van der Waals surface area contributed by atoms with Crippen LogP contribution >= 0.6 is 11.8 Å². The van der Waals surface area contributed by atoms with E-state index in [2.05, 4.69) is 11.4 Å². The van der Waals surface area contributed by atoms with Crippen molar-refractivity contribution in [2.24, 2.45) is 0 Å². The number of nitrogens with one attached hydrogen (secondary N) is 1. The Morgan fingerprint density at radius 3 is 2.57 bits per heavy atom. The van der Waals surface area contributed by atoms with Crippen molar-refractivity contribution < 1.29 is 9.90 Å². The van der Waals surface area contributed by atoms with Crippen LogP contribution in [0.4, 0.5) is 0 Å². The molecule has 2 N–H and O–H groups in total. The van der Waals surface area contributed by atoms with Crippen LogP contribution in [0.5, 0.6) is 0 Å². The molecule has 0 radical (unpaired) electrons. The van der Waals surface area contributed by atoms with E-state index < -0.39 is 6.10 Å². The first-order valence-corrected chi connectivity index (χ1v) is 9.04. The number of fused-ring (bicyclic) bond motifs is 2. The summed E-state index contributed by atoms with van der Waals surface area (Å²) in [4.78, 5) is 12.8. The van der Waals surface area contributed by atoms with Gasteiger partial charge in [0, 0.05) is 6.42 Å². The van der Waals surface area contributed by atoms with Gasteiger partial charge in [0.1, 0.15) is 5.25 Å². The zero-order valence-corrected chi connectivity index (χ0v) is 13.6. The molecule has 118 valence electrons. The number of aliphatic hydroxyl groups is 1. The average molecular weight is 325 g/mol. The number of thioether (sulfide) groups is 1. The maximum absolute atomic E-state index is 12.8. The molecule has 1 aliphatic carbocycles. The summed E-state index contributed by atoms with van der Waals surface area (Å²) in [6, 6.07) is 15.8. The molecule has 2 aromatic carbocycles. The minimum atomic E-state index is -0.541. The van der Waals surface area contributed by atoms with Crippen molar-refractivity contribution in [1.29, 1.82) is 0 Å². The monoisotopic (exact) mass is 325 g/mol. The highest BCUT2D eigenvalue weighted by Gasteiger charge is 2.35. The third kappa shape index (κ3) is 2.66. The molecule has 0 spiro atoms. The molecule has 3 nitrogen and oxygen atoms in total. The molecule has 0 saturated heterocycles. The van der Waals surface area contributed by atoms with Crippen molar-refractivity contribution in [1.82, 2.24) is 5.32 Å². The van der Waals surface area contributed by atoms with Gasteiger partial charge in [0.25, 0.3) is 0 Å². The smallest absolute Gasteiger partial charge is 0.238 e. The van der Waals surface area contributed by atoms with E-state index in [0.717, 1.165) is 28.9 Å². The van der Waals surface area contributed by atoms with Crippen molar-refractivity contribution in [3.63, 3.8) is 0 Å². The van der Waals surface area contributed by atoms with Crippen LogP contribution in [0.15, 0.2) is 48.5 Å². The molecule has 4 heteroatoms. The Morgan fingerprint density at radius 1 is 1.04 bits per heavy atom. The second kappa shape index (κ2) is 6.02. The van der Waals surface area contributed by atoms with Crippen LogP contribution in [0, 0.1) is 0 Å². The summed E-state index contributed by atoms with van der Waals surface area (Å²) in [6.45, 7) is 0. The maximum Gasteiger partial charge on any atom is 0.238 e. The fourth-order valence-electron chi connectivity index (χ4n) is 3.59. The summed E-state index contributed by atoms with van der Waals surface area (Å²) >= 11 is 1.69. The Balaban J connectivity index is 1.58. The minimum absolute atomic E-state index is 0.00269. The topological polar surface area (TPSA) is 49.3 Å². The predicted octanol–water partition coefficient (Wildman–Crippen LogP) is 2.79. The van der Waals surface area contributed by atoms with E-state index in [9.17, 15) is 9.90 Å². The zero-order chi connectivity index (χ0) is 15.8. The van der Waals surface area contributed by atoms with Crippen molar-refractivity contribution >= 4 is 17.7 Å². The van der Waals surface area contributed by atoms with E-state index in [1.165, 1.54) is 5.56 Å². The lowest BCUT2D eigenvalue weighted by Gasteiger charge is -2.27. The Labute approximate surface area is 140 Å². The SMILES string of the molecule is O=C(N[C@@H]1c2ccccc2C[C@@H]1O)[C@@H]1SCCc2ccccc21. The van der Waals surface area contributed by atoms with E-state index in [0.29, 0.717) is 6.42 Å². The first-order chi connectivity index (χ1) is 11.2.